The van der Waals surface area contributed by atoms with Crippen molar-refractivity contribution in [3.05, 3.63) is 63.6 Å². The third-order valence-electron chi connectivity index (χ3n) is 3.25. The van der Waals surface area contributed by atoms with E-state index in [1.165, 1.54) is 7.11 Å². The molecule has 3 nitrogen and oxygen atoms in total. The number of ether oxygens (including phenoxy) is 1. The zero-order valence-corrected chi connectivity index (χ0v) is 14.0. The molecule has 2 aromatic carbocycles. The molecule has 110 valence electrons. The Morgan fingerprint density at radius 2 is 1.71 bits per heavy atom. The van der Waals surface area contributed by atoms with Gasteiger partial charge >= 0.3 is 5.97 Å². The number of methoxy groups -OCH3 is 1. The predicted molar refractivity (Wildman–Crippen MR) is 88.6 cm³/mol. The second-order valence-corrected chi connectivity index (χ2v) is 6.11. The van der Waals surface area contributed by atoms with Crippen molar-refractivity contribution in [1.82, 2.24) is 0 Å². The Labute approximate surface area is 137 Å². The highest BCUT2D eigenvalue weighted by molar-refractivity contribution is 9.10. The lowest BCUT2D eigenvalue weighted by molar-refractivity contribution is -0.145. The molecule has 0 bridgehead atoms. The Morgan fingerprint density at radius 1 is 1.14 bits per heavy atom. The molecule has 0 aliphatic heterocycles. The molecule has 1 N–H and O–H groups in total. The third-order valence-corrected chi connectivity index (χ3v) is 4.03. The highest BCUT2D eigenvalue weighted by Gasteiger charge is 2.36. The second kappa shape index (κ2) is 6.50. The van der Waals surface area contributed by atoms with Gasteiger partial charge in [-0.05, 0) is 48.9 Å². The lowest BCUT2D eigenvalue weighted by atomic mass is 9.91. The van der Waals surface area contributed by atoms with E-state index in [0.29, 0.717) is 5.02 Å². The molecule has 0 aliphatic carbocycles. The first kappa shape index (κ1) is 15.9. The molecule has 0 fully saturated rings. The molecule has 1 atom stereocenters. The summed E-state index contributed by atoms with van der Waals surface area (Å²) >= 11 is 9.30. The van der Waals surface area contributed by atoms with Gasteiger partial charge in [0.15, 0.2) is 5.54 Å². The van der Waals surface area contributed by atoms with Crippen molar-refractivity contribution in [1.29, 1.82) is 0 Å². The average molecular weight is 369 g/mol. The van der Waals surface area contributed by atoms with Crippen LogP contribution in [-0.2, 0) is 15.1 Å². The summed E-state index contributed by atoms with van der Waals surface area (Å²) in [6.07, 6.45) is 0. The van der Waals surface area contributed by atoms with E-state index >= 15 is 0 Å². The first-order valence-electron chi connectivity index (χ1n) is 6.34. The zero-order chi connectivity index (χ0) is 15.5. The molecule has 0 radical (unpaired) electrons. The number of hydrogen-bond donors (Lipinski definition) is 1. The third kappa shape index (κ3) is 3.57. The number of rotatable bonds is 4. The molecule has 2 rings (SSSR count). The molecule has 0 aromatic heterocycles. The van der Waals surface area contributed by atoms with Crippen LogP contribution >= 0.6 is 27.5 Å². The first-order chi connectivity index (χ1) is 9.95. The first-order valence-corrected chi connectivity index (χ1v) is 7.51. The largest absolute Gasteiger partial charge is 0.467 e. The van der Waals surface area contributed by atoms with Gasteiger partial charge in [-0.25, -0.2) is 4.79 Å². The van der Waals surface area contributed by atoms with Gasteiger partial charge in [-0.15, -0.1) is 0 Å². The summed E-state index contributed by atoms with van der Waals surface area (Å²) in [4.78, 5) is 12.3. The maximum absolute atomic E-state index is 12.3. The molecule has 0 aliphatic rings. The van der Waals surface area contributed by atoms with Crippen molar-refractivity contribution in [2.75, 3.05) is 12.4 Å². The van der Waals surface area contributed by atoms with Crippen LogP contribution in [0.1, 0.15) is 12.5 Å². The van der Waals surface area contributed by atoms with E-state index in [1.54, 1.807) is 19.1 Å². The van der Waals surface area contributed by atoms with Crippen LogP contribution in [0.15, 0.2) is 53.0 Å². The Kier molecular flexibility index (Phi) is 4.91. The van der Waals surface area contributed by atoms with Crippen molar-refractivity contribution in [2.24, 2.45) is 0 Å². The van der Waals surface area contributed by atoms with Crippen molar-refractivity contribution in [3.63, 3.8) is 0 Å². The van der Waals surface area contributed by atoms with Crippen molar-refractivity contribution in [3.8, 4) is 0 Å². The number of benzene rings is 2. The maximum atomic E-state index is 12.3. The van der Waals surface area contributed by atoms with E-state index in [-0.39, 0.29) is 5.97 Å². The summed E-state index contributed by atoms with van der Waals surface area (Å²) in [6.45, 7) is 1.78. The molecule has 0 saturated carbocycles. The lowest BCUT2D eigenvalue weighted by Gasteiger charge is -2.29. The van der Waals surface area contributed by atoms with Crippen molar-refractivity contribution >= 4 is 39.2 Å². The topological polar surface area (TPSA) is 38.3 Å². The van der Waals surface area contributed by atoms with Gasteiger partial charge in [0.25, 0.3) is 0 Å². The molecular weight excluding hydrogens is 354 g/mol. The highest BCUT2D eigenvalue weighted by Crippen LogP contribution is 2.29. The molecule has 0 saturated heterocycles. The summed E-state index contributed by atoms with van der Waals surface area (Å²) in [5.41, 5.74) is 0.607. The number of halogens is 2. The fraction of sp³-hybridized carbons (Fsp3) is 0.188. The Morgan fingerprint density at radius 3 is 2.24 bits per heavy atom. The average Bonchev–Trinajstić information content (AvgIpc) is 2.49. The van der Waals surface area contributed by atoms with Gasteiger partial charge in [0.1, 0.15) is 0 Å². The van der Waals surface area contributed by atoms with E-state index in [2.05, 4.69) is 21.2 Å². The number of esters is 1. The predicted octanol–water partition coefficient (Wildman–Crippen LogP) is 4.60. The molecule has 2 aromatic rings. The van der Waals surface area contributed by atoms with Crippen LogP contribution in [0, 0.1) is 0 Å². The smallest absolute Gasteiger partial charge is 0.335 e. The van der Waals surface area contributed by atoms with Gasteiger partial charge in [0, 0.05) is 15.2 Å². The van der Waals surface area contributed by atoms with Crippen LogP contribution in [-0.4, -0.2) is 13.1 Å². The highest BCUT2D eigenvalue weighted by atomic mass is 79.9. The molecule has 5 heteroatoms. The standard InChI is InChI=1S/C16H15BrClNO2/c1-16(15(20)21-2,11-3-7-13(18)8-4-11)19-14-9-5-12(17)6-10-14/h3-10,19H,1-2H3. The second-order valence-electron chi connectivity index (χ2n) is 4.76. The van der Waals surface area contributed by atoms with Crippen LogP contribution in [0.3, 0.4) is 0 Å². The van der Waals surface area contributed by atoms with Crippen LogP contribution in [0.25, 0.3) is 0 Å². The molecule has 21 heavy (non-hydrogen) atoms. The van der Waals surface area contributed by atoms with Crippen LogP contribution in [0.4, 0.5) is 5.69 Å². The van der Waals surface area contributed by atoms with Gasteiger partial charge in [-0.1, -0.05) is 39.7 Å². The number of hydrogen-bond acceptors (Lipinski definition) is 3. The Bertz CT molecular complexity index is 628. The molecule has 1 unspecified atom stereocenters. The monoisotopic (exact) mass is 367 g/mol. The van der Waals surface area contributed by atoms with Gasteiger partial charge in [-0.3, -0.25) is 0 Å². The number of anilines is 1. The summed E-state index contributed by atoms with van der Waals surface area (Å²) in [5.74, 6) is -0.368. The van der Waals surface area contributed by atoms with Gasteiger partial charge < -0.3 is 10.1 Å². The summed E-state index contributed by atoms with van der Waals surface area (Å²) < 4.78 is 5.92. The minimum atomic E-state index is -0.993. The number of carbonyl (C=O) groups excluding carboxylic acids is 1. The van der Waals surface area contributed by atoms with E-state index < -0.39 is 5.54 Å². The van der Waals surface area contributed by atoms with E-state index in [4.69, 9.17) is 16.3 Å². The van der Waals surface area contributed by atoms with Gasteiger partial charge in [-0.2, -0.15) is 0 Å². The van der Waals surface area contributed by atoms with Crippen LogP contribution in [0.5, 0.6) is 0 Å². The number of nitrogens with one attached hydrogen (secondary N) is 1. The minimum absolute atomic E-state index is 0.368. The van der Waals surface area contributed by atoms with Crippen LogP contribution in [0.2, 0.25) is 5.02 Å². The van der Waals surface area contributed by atoms with E-state index in [9.17, 15) is 4.79 Å². The summed E-state index contributed by atoms with van der Waals surface area (Å²) in [5, 5.41) is 3.85. The fourth-order valence-electron chi connectivity index (χ4n) is 2.05. The molecule has 0 spiro atoms. The van der Waals surface area contributed by atoms with Crippen molar-refractivity contribution in [2.45, 2.75) is 12.5 Å². The minimum Gasteiger partial charge on any atom is -0.467 e. The summed E-state index contributed by atoms with van der Waals surface area (Å²) in [7, 11) is 1.37. The maximum Gasteiger partial charge on any atom is 0.335 e. The Balaban J connectivity index is 2.39. The van der Waals surface area contributed by atoms with Crippen molar-refractivity contribution < 1.29 is 9.53 Å². The quantitative estimate of drug-likeness (QED) is 0.801. The van der Waals surface area contributed by atoms with Crippen LogP contribution < -0.4 is 5.32 Å². The zero-order valence-electron chi connectivity index (χ0n) is 11.7. The Hall–Kier alpha value is -1.52. The molecule has 0 amide bonds. The van der Waals surface area contributed by atoms with E-state index in [1.807, 2.05) is 36.4 Å². The fourth-order valence-corrected chi connectivity index (χ4v) is 2.44. The number of carbonyl (C=O) groups is 1. The lowest BCUT2D eigenvalue weighted by Crippen LogP contribution is -2.41. The van der Waals surface area contributed by atoms with Gasteiger partial charge in [0.05, 0.1) is 7.11 Å². The summed E-state index contributed by atoms with van der Waals surface area (Å²) in [6, 6.07) is 14.7. The van der Waals surface area contributed by atoms with E-state index in [0.717, 1.165) is 15.7 Å². The normalized spacial score (nSPS) is 13.3. The SMILES string of the molecule is COC(=O)C(C)(Nc1ccc(Br)cc1)c1ccc(Cl)cc1. The molecule has 0 heterocycles. The molecular formula is C16H15BrClNO2. The van der Waals surface area contributed by atoms with Gasteiger partial charge in [0.2, 0.25) is 0 Å².